The maximum absolute atomic E-state index is 12.2. The van der Waals surface area contributed by atoms with Crippen LogP contribution in [0, 0.1) is 5.92 Å². The Morgan fingerprint density at radius 3 is 2.75 bits per heavy atom. The lowest BCUT2D eigenvalue weighted by Gasteiger charge is -2.31. The molecule has 0 bridgehead atoms. The van der Waals surface area contributed by atoms with Gasteiger partial charge in [-0.05, 0) is 36.1 Å². The van der Waals surface area contributed by atoms with Crippen molar-refractivity contribution < 1.29 is 28.9 Å². The highest BCUT2D eigenvalue weighted by atomic mass is 16.5. The third-order valence-corrected chi connectivity index (χ3v) is 5.39. The first-order chi connectivity index (χ1) is 13.3. The topological polar surface area (TPSA) is 85.3 Å². The lowest BCUT2D eigenvalue weighted by atomic mass is 9.90. The van der Waals surface area contributed by atoms with E-state index in [1.165, 1.54) is 5.56 Å². The summed E-state index contributed by atoms with van der Waals surface area (Å²) in [5.41, 5.74) is 3.76. The summed E-state index contributed by atoms with van der Waals surface area (Å²) in [4.78, 5) is 25.8. The Hall–Kier alpha value is -2.38. The average molecular weight is 389 g/mol. The largest absolute Gasteiger partial charge is 0.493 e. The fraction of sp³-hybridized carbons (Fsp3) is 0.524. The molecule has 2 aliphatic heterocycles. The minimum absolute atomic E-state index is 0.0250. The Morgan fingerprint density at radius 2 is 2.14 bits per heavy atom. The van der Waals surface area contributed by atoms with Crippen molar-refractivity contribution in [1.29, 1.82) is 0 Å². The highest BCUT2D eigenvalue weighted by molar-refractivity contribution is 6.07. The molecular weight excluding hydrogens is 362 g/mol. The molecular formula is C21H27NO6. The van der Waals surface area contributed by atoms with E-state index in [0.29, 0.717) is 25.4 Å². The van der Waals surface area contributed by atoms with Crippen LogP contribution < -0.4 is 9.47 Å². The van der Waals surface area contributed by atoms with Crippen molar-refractivity contribution in [3.63, 3.8) is 0 Å². The predicted molar refractivity (Wildman–Crippen MR) is 103 cm³/mol. The van der Waals surface area contributed by atoms with Crippen LogP contribution in [0.15, 0.2) is 18.2 Å². The van der Waals surface area contributed by atoms with Crippen LogP contribution >= 0.6 is 0 Å². The minimum atomic E-state index is -1.11. The Balaban J connectivity index is 1.82. The molecule has 1 N–H and O–H groups in total. The molecule has 0 aromatic heterocycles. The van der Waals surface area contributed by atoms with Gasteiger partial charge in [-0.2, -0.15) is 0 Å². The van der Waals surface area contributed by atoms with E-state index in [2.05, 4.69) is 6.58 Å². The SMILES string of the molecule is C=C(C)C(=O)C(CN1CCc2c(cc(OC)c3c2CC(COC)O3)C1)C(=O)O. The summed E-state index contributed by atoms with van der Waals surface area (Å²) in [6, 6.07) is 1.96. The number of Topliss-reactive ketones (excluding diaryl/α,β-unsaturated/α-hetero) is 1. The summed E-state index contributed by atoms with van der Waals surface area (Å²) in [6.07, 6.45) is 1.52. The van der Waals surface area contributed by atoms with Crippen molar-refractivity contribution >= 4 is 11.8 Å². The second kappa shape index (κ2) is 8.32. The number of methoxy groups -OCH3 is 2. The highest BCUT2D eigenvalue weighted by Gasteiger charge is 2.34. The second-order valence-electron chi connectivity index (χ2n) is 7.44. The van der Waals surface area contributed by atoms with Crippen molar-refractivity contribution in [3.05, 3.63) is 34.9 Å². The van der Waals surface area contributed by atoms with Gasteiger partial charge in [0.15, 0.2) is 17.3 Å². The molecule has 0 saturated carbocycles. The molecule has 3 rings (SSSR count). The third-order valence-electron chi connectivity index (χ3n) is 5.39. The van der Waals surface area contributed by atoms with E-state index in [9.17, 15) is 14.7 Å². The molecule has 2 unspecified atom stereocenters. The van der Waals surface area contributed by atoms with E-state index in [1.807, 2.05) is 11.0 Å². The first-order valence-electron chi connectivity index (χ1n) is 9.37. The minimum Gasteiger partial charge on any atom is -0.493 e. The summed E-state index contributed by atoms with van der Waals surface area (Å²) < 4.78 is 16.8. The summed E-state index contributed by atoms with van der Waals surface area (Å²) >= 11 is 0. The van der Waals surface area contributed by atoms with Crippen molar-refractivity contribution in [2.24, 2.45) is 5.92 Å². The summed E-state index contributed by atoms with van der Waals surface area (Å²) in [6.45, 7) is 7.09. The van der Waals surface area contributed by atoms with Gasteiger partial charge < -0.3 is 19.3 Å². The lowest BCUT2D eigenvalue weighted by molar-refractivity contribution is -0.146. The molecule has 7 nitrogen and oxygen atoms in total. The number of benzene rings is 1. The number of nitrogens with zero attached hydrogens (tertiary/aromatic N) is 1. The molecule has 152 valence electrons. The monoisotopic (exact) mass is 389 g/mol. The first kappa shape index (κ1) is 20.4. The molecule has 2 heterocycles. The number of fused-ring (bicyclic) bond motifs is 3. The van der Waals surface area contributed by atoms with Crippen LogP contribution in [0.3, 0.4) is 0 Å². The number of hydrogen-bond acceptors (Lipinski definition) is 6. The van der Waals surface area contributed by atoms with Crippen LogP contribution in [0.5, 0.6) is 11.5 Å². The highest BCUT2D eigenvalue weighted by Crippen LogP contribution is 2.43. The zero-order valence-corrected chi connectivity index (χ0v) is 16.6. The van der Waals surface area contributed by atoms with E-state index >= 15 is 0 Å². The molecule has 28 heavy (non-hydrogen) atoms. The molecule has 7 heteroatoms. The van der Waals surface area contributed by atoms with E-state index in [4.69, 9.17) is 14.2 Å². The second-order valence-corrected chi connectivity index (χ2v) is 7.44. The number of carbonyl (C=O) groups is 2. The third kappa shape index (κ3) is 3.91. The van der Waals surface area contributed by atoms with Gasteiger partial charge in [0.1, 0.15) is 12.0 Å². The Labute approximate surface area is 164 Å². The van der Waals surface area contributed by atoms with Crippen molar-refractivity contribution in [2.45, 2.75) is 32.4 Å². The molecule has 2 atom stereocenters. The Bertz CT molecular complexity index is 803. The number of ketones is 1. The zero-order valence-electron chi connectivity index (χ0n) is 16.6. The molecule has 2 aliphatic rings. The lowest BCUT2D eigenvalue weighted by Crippen LogP contribution is -2.40. The van der Waals surface area contributed by atoms with Crippen LogP contribution in [0.1, 0.15) is 23.6 Å². The van der Waals surface area contributed by atoms with Gasteiger partial charge in [0.25, 0.3) is 0 Å². The fourth-order valence-corrected chi connectivity index (χ4v) is 4.03. The van der Waals surface area contributed by atoms with Gasteiger partial charge in [-0.15, -0.1) is 0 Å². The molecule has 0 radical (unpaired) electrons. The number of allylic oxidation sites excluding steroid dienone is 1. The van der Waals surface area contributed by atoms with Gasteiger partial charge in [-0.25, -0.2) is 0 Å². The summed E-state index contributed by atoms with van der Waals surface area (Å²) in [5.74, 6) is -1.15. The molecule has 1 aromatic carbocycles. The number of aliphatic carboxylic acids is 1. The van der Waals surface area contributed by atoms with Crippen molar-refractivity contribution in [2.75, 3.05) is 33.9 Å². The van der Waals surface area contributed by atoms with Crippen LogP contribution in [-0.2, 0) is 33.7 Å². The molecule has 0 fully saturated rings. The smallest absolute Gasteiger partial charge is 0.315 e. The van der Waals surface area contributed by atoms with E-state index in [-0.39, 0.29) is 18.2 Å². The van der Waals surface area contributed by atoms with Crippen molar-refractivity contribution in [3.8, 4) is 11.5 Å². The van der Waals surface area contributed by atoms with E-state index in [0.717, 1.165) is 29.7 Å². The maximum Gasteiger partial charge on any atom is 0.315 e. The Kier molecular flexibility index (Phi) is 6.05. The van der Waals surface area contributed by atoms with Gasteiger partial charge in [0, 0.05) is 38.7 Å². The van der Waals surface area contributed by atoms with Gasteiger partial charge in [0.2, 0.25) is 0 Å². The molecule has 1 aromatic rings. The number of carboxylic acids is 1. The molecule has 0 aliphatic carbocycles. The van der Waals surface area contributed by atoms with Gasteiger partial charge in [-0.3, -0.25) is 14.5 Å². The number of rotatable bonds is 8. The Morgan fingerprint density at radius 1 is 1.39 bits per heavy atom. The summed E-state index contributed by atoms with van der Waals surface area (Å²) in [7, 11) is 3.27. The van der Waals surface area contributed by atoms with Gasteiger partial charge in [-0.1, -0.05) is 6.58 Å². The summed E-state index contributed by atoms with van der Waals surface area (Å²) in [5, 5.41) is 9.47. The van der Waals surface area contributed by atoms with Crippen LogP contribution in [0.4, 0.5) is 0 Å². The average Bonchev–Trinajstić information content (AvgIpc) is 3.08. The molecule has 0 amide bonds. The number of carboxylic acid groups (broad SMARTS) is 1. The number of carbonyl (C=O) groups excluding carboxylic acids is 1. The van der Waals surface area contributed by atoms with Gasteiger partial charge in [0.05, 0.1) is 13.7 Å². The standard InChI is InChI=1S/C21H27NO6/c1-12(2)19(23)17(21(24)25)10-22-6-5-15-13(9-22)7-18(27-4)20-16(15)8-14(28-20)11-26-3/h7,14,17H,1,5-6,8-11H2,2-4H3,(H,24,25). The predicted octanol–water partition coefficient (Wildman–Crippen LogP) is 1.85. The zero-order chi connectivity index (χ0) is 20.4. The number of ether oxygens (including phenoxy) is 3. The van der Waals surface area contributed by atoms with Crippen LogP contribution in [-0.4, -0.2) is 61.8 Å². The first-order valence-corrected chi connectivity index (χ1v) is 9.37. The van der Waals surface area contributed by atoms with Crippen LogP contribution in [0.2, 0.25) is 0 Å². The van der Waals surface area contributed by atoms with Gasteiger partial charge >= 0.3 is 5.97 Å². The molecule has 0 spiro atoms. The van der Waals surface area contributed by atoms with E-state index in [1.54, 1.807) is 21.1 Å². The normalized spacial score (nSPS) is 19.3. The van der Waals surface area contributed by atoms with E-state index < -0.39 is 17.7 Å². The number of hydrogen-bond donors (Lipinski definition) is 1. The fourth-order valence-electron chi connectivity index (χ4n) is 4.03. The van der Waals surface area contributed by atoms with Crippen LogP contribution in [0.25, 0.3) is 0 Å². The quantitative estimate of drug-likeness (QED) is 0.536. The van der Waals surface area contributed by atoms with Crippen molar-refractivity contribution in [1.82, 2.24) is 4.90 Å². The maximum atomic E-state index is 12.2. The molecule has 0 saturated heterocycles.